The van der Waals surface area contributed by atoms with Crippen molar-refractivity contribution in [3.63, 3.8) is 0 Å². The first-order valence-corrected chi connectivity index (χ1v) is 14.1. The number of rotatable bonds is 22. The first-order valence-electron chi connectivity index (χ1n) is 12.6. The Balaban J connectivity index is 3.33. The van der Waals surface area contributed by atoms with Crippen molar-refractivity contribution in [2.24, 2.45) is 0 Å². The molecule has 176 valence electrons. The molecule has 0 aromatic carbocycles. The van der Waals surface area contributed by atoms with Crippen molar-refractivity contribution >= 4 is 10.1 Å². The molecule has 0 aliphatic carbocycles. The standard InChI is InChI=1S/C24H50O4S/c1-3-5-6-7-8-11-14-17-20-23(25)21-18-15-12-9-10-13-16-19-22-24(4-2)29(26,27)28/h23-25H,3-22H2,1-2H3,(H,26,27,28). The van der Waals surface area contributed by atoms with Crippen molar-refractivity contribution < 1.29 is 18.1 Å². The molecule has 0 aliphatic heterocycles. The molecule has 29 heavy (non-hydrogen) atoms. The van der Waals surface area contributed by atoms with E-state index in [0.717, 1.165) is 38.5 Å². The van der Waals surface area contributed by atoms with Gasteiger partial charge in [-0.1, -0.05) is 117 Å². The average molecular weight is 435 g/mol. The molecular weight excluding hydrogens is 384 g/mol. The molecule has 2 unspecified atom stereocenters. The average Bonchev–Trinajstić information content (AvgIpc) is 2.67. The summed E-state index contributed by atoms with van der Waals surface area (Å²) in [7, 11) is -3.86. The molecule has 0 amide bonds. The van der Waals surface area contributed by atoms with E-state index in [1.807, 2.05) is 6.92 Å². The Labute approximate surface area is 182 Å². The van der Waals surface area contributed by atoms with E-state index in [-0.39, 0.29) is 6.10 Å². The summed E-state index contributed by atoms with van der Waals surface area (Å²) >= 11 is 0. The maximum Gasteiger partial charge on any atom is 0.267 e. The summed E-state index contributed by atoms with van der Waals surface area (Å²) in [6.45, 7) is 4.06. The lowest BCUT2D eigenvalue weighted by atomic mass is 10.0. The molecule has 0 radical (unpaired) electrons. The van der Waals surface area contributed by atoms with Crippen molar-refractivity contribution in [2.75, 3.05) is 0 Å². The van der Waals surface area contributed by atoms with Gasteiger partial charge < -0.3 is 5.11 Å². The van der Waals surface area contributed by atoms with Gasteiger partial charge in [-0.2, -0.15) is 8.42 Å². The lowest BCUT2D eigenvalue weighted by molar-refractivity contribution is 0.147. The Morgan fingerprint density at radius 3 is 1.28 bits per heavy atom. The Hall–Kier alpha value is -0.130. The van der Waals surface area contributed by atoms with Crippen LogP contribution in [0.15, 0.2) is 0 Å². The third-order valence-corrected chi connectivity index (χ3v) is 7.49. The monoisotopic (exact) mass is 434 g/mol. The van der Waals surface area contributed by atoms with Crippen LogP contribution in [-0.2, 0) is 10.1 Å². The van der Waals surface area contributed by atoms with E-state index in [2.05, 4.69) is 6.92 Å². The van der Waals surface area contributed by atoms with Crippen LogP contribution in [0.5, 0.6) is 0 Å². The zero-order valence-corrected chi connectivity index (χ0v) is 20.2. The van der Waals surface area contributed by atoms with E-state index < -0.39 is 15.4 Å². The fraction of sp³-hybridized carbons (Fsp3) is 1.00. The first kappa shape index (κ1) is 28.9. The van der Waals surface area contributed by atoms with Crippen molar-refractivity contribution in [1.29, 1.82) is 0 Å². The highest BCUT2D eigenvalue weighted by Gasteiger charge is 2.19. The second kappa shape index (κ2) is 19.8. The molecule has 0 spiro atoms. The molecule has 0 bridgehead atoms. The fourth-order valence-corrected chi connectivity index (χ4v) is 4.92. The predicted octanol–water partition coefficient (Wildman–Crippen LogP) is 7.45. The van der Waals surface area contributed by atoms with Crippen molar-refractivity contribution in [3.8, 4) is 0 Å². The van der Waals surface area contributed by atoms with E-state index in [0.29, 0.717) is 12.8 Å². The molecular formula is C24H50O4S. The van der Waals surface area contributed by atoms with Crippen LogP contribution in [-0.4, -0.2) is 29.4 Å². The molecule has 0 rings (SSSR count). The molecule has 0 saturated heterocycles. The second-order valence-electron chi connectivity index (χ2n) is 8.87. The van der Waals surface area contributed by atoms with Gasteiger partial charge in [-0.3, -0.25) is 4.55 Å². The normalized spacial score (nSPS) is 14.2. The van der Waals surface area contributed by atoms with Crippen LogP contribution in [0.2, 0.25) is 0 Å². The van der Waals surface area contributed by atoms with Crippen LogP contribution in [0.4, 0.5) is 0 Å². The maximum absolute atomic E-state index is 11.1. The summed E-state index contributed by atoms with van der Waals surface area (Å²) in [6, 6.07) is 0. The number of unbranched alkanes of at least 4 members (excludes halogenated alkanes) is 14. The Bertz CT molecular complexity index is 436. The van der Waals surface area contributed by atoms with Crippen LogP contribution in [0, 0.1) is 0 Å². The van der Waals surface area contributed by atoms with Gasteiger partial charge in [-0.05, 0) is 25.7 Å². The molecule has 0 aromatic rings. The minimum Gasteiger partial charge on any atom is -0.393 e. The van der Waals surface area contributed by atoms with Gasteiger partial charge in [-0.15, -0.1) is 0 Å². The van der Waals surface area contributed by atoms with Crippen molar-refractivity contribution in [1.82, 2.24) is 0 Å². The maximum atomic E-state index is 11.1. The zero-order valence-electron chi connectivity index (χ0n) is 19.4. The summed E-state index contributed by atoms with van der Waals surface area (Å²) in [5.74, 6) is 0. The minimum absolute atomic E-state index is 0.107. The highest BCUT2D eigenvalue weighted by molar-refractivity contribution is 7.86. The molecule has 2 N–H and O–H groups in total. The molecule has 0 aliphatic rings. The minimum atomic E-state index is -3.86. The van der Waals surface area contributed by atoms with E-state index in [1.165, 1.54) is 77.0 Å². The van der Waals surface area contributed by atoms with E-state index in [1.54, 1.807) is 0 Å². The molecule has 5 heteroatoms. The van der Waals surface area contributed by atoms with Crippen LogP contribution < -0.4 is 0 Å². The highest BCUT2D eigenvalue weighted by atomic mass is 32.2. The van der Waals surface area contributed by atoms with Gasteiger partial charge in [-0.25, -0.2) is 0 Å². The smallest absolute Gasteiger partial charge is 0.267 e. The second-order valence-corrected chi connectivity index (χ2v) is 10.6. The Kier molecular flexibility index (Phi) is 19.7. The summed E-state index contributed by atoms with van der Waals surface area (Å²) < 4.78 is 31.4. The zero-order chi connectivity index (χ0) is 21.8. The summed E-state index contributed by atoms with van der Waals surface area (Å²) in [4.78, 5) is 0. The van der Waals surface area contributed by atoms with Crippen molar-refractivity contribution in [3.05, 3.63) is 0 Å². The molecule has 0 heterocycles. The van der Waals surface area contributed by atoms with Crippen LogP contribution in [0.3, 0.4) is 0 Å². The summed E-state index contributed by atoms with van der Waals surface area (Å²) in [6.07, 6.45) is 22.5. The molecule has 2 atom stereocenters. The molecule has 0 saturated carbocycles. The number of aliphatic hydroxyl groups excluding tert-OH is 1. The van der Waals surface area contributed by atoms with Gasteiger partial charge in [0.25, 0.3) is 10.1 Å². The highest BCUT2D eigenvalue weighted by Crippen LogP contribution is 2.17. The number of hydrogen-bond acceptors (Lipinski definition) is 3. The van der Waals surface area contributed by atoms with Crippen molar-refractivity contribution in [2.45, 2.75) is 154 Å². The third-order valence-electron chi connectivity index (χ3n) is 6.08. The largest absolute Gasteiger partial charge is 0.393 e. The molecule has 4 nitrogen and oxygen atoms in total. The number of hydrogen-bond donors (Lipinski definition) is 2. The quantitative estimate of drug-likeness (QED) is 0.137. The van der Waals surface area contributed by atoms with Gasteiger partial charge in [0.05, 0.1) is 11.4 Å². The lowest BCUT2D eigenvalue weighted by Crippen LogP contribution is -2.19. The molecule has 0 aromatic heterocycles. The third kappa shape index (κ3) is 19.6. The van der Waals surface area contributed by atoms with Crippen LogP contribution in [0.1, 0.15) is 142 Å². The van der Waals surface area contributed by atoms with E-state index >= 15 is 0 Å². The Morgan fingerprint density at radius 1 is 0.586 bits per heavy atom. The van der Waals surface area contributed by atoms with Crippen LogP contribution >= 0.6 is 0 Å². The first-order chi connectivity index (χ1) is 13.9. The van der Waals surface area contributed by atoms with Crippen LogP contribution in [0.25, 0.3) is 0 Å². The van der Waals surface area contributed by atoms with Gasteiger partial charge in [0.2, 0.25) is 0 Å². The van der Waals surface area contributed by atoms with Gasteiger partial charge >= 0.3 is 0 Å². The SMILES string of the molecule is CCCCCCCCCCC(O)CCCCCCCCCCC(CC)S(=O)(=O)O. The van der Waals surface area contributed by atoms with Gasteiger partial charge in [0, 0.05) is 0 Å². The summed E-state index contributed by atoms with van der Waals surface area (Å²) in [5, 5.41) is 9.50. The topological polar surface area (TPSA) is 74.6 Å². The van der Waals surface area contributed by atoms with E-state index in [9.17, 15) is 13.5 Å². The van der Waals surface area contributed by atoms with Gasteiger partial charge in [0.15, 0.2) is 0 Å². The number of aliphatic hydroxyl groups is 1. The van der Waals surface area contributed by atoms with Gasteiger partial charge in [0.1, 0.15) is 0 Å². The summed E-state index contributed by atoms with van der Waals surface area (Å²) in [5.41, 5.74) is 0. The predicted molar refractivity (Wildman–Crippen MR) is 125 cm³/mol. The molecule has 0 fully saturated rings. The lowest BCUT2D eigenvalue weighted by Gasteiger charge is -2.11. The van der Waals surface area contributed by atoms with E-state index in [4.69, 9.17) is 4.55 Å². The fourth-order valence-electron chi connectivity index (χ4n) is 4.03. The Morgan fingerprint density at radius 2 is 0.931 bits per heavy atom.